The Bertz CT molecular complexity index is 316. The second-order valence-electron chi connectivity index (χ2n) is 12.0. The van der Waals surface area contributed by atoms with Crippen LogP contribution in [0.3, 0.4) is 0 Å². The Labute approximate surface area is 141 Å². The van der Waals surface area contributed by atoms with Gasteiger partial charge in [0.25, 0.3) is 0 Å². The van der Waals surface area contributed by atoms with Gasteiger partial charge in [0.1, 0.15) is 0 Å². The van der Waals surface area contributed by atoms with Crippen LogP contribution in [-0.4, -0.2) is 0 Å². The second-order valence-corrected chi connectivity index (χ2v) is 12.0. The molecular weight excluding hydrogens is 264 g/mol. The van der Waals surface area contributed by atoms with E-state index in [1.54, 1.807) is 0 Å². The minimum absolute atomic E-state index is 0.298. The number of hydrogen-bond donors (Lipinski definition) is 0. The van der Waals surface area contributed by atoms with Crippen LogP contribution in [-0.2, 0) is 0 Å². The fourth-order valence-corrected chi connectivity index (χ4v) is 7.52. The molecule has 1 aliphatic carbocycles. The summed E-state index contributed by atoms with van der Waals surface area (Å²) < 4.78 is 0. The maximum absolute atomic E-state index is 2.51. The molecule has 0 amide bonds. The van der Waals surface area contributed by atoms with Gasteiger partial charge in [-0.1, -0.05) is 95.9 Å². The summed E-state index contributed by atoms with van der Waals surface area (Å²) in [6.45, 7) is 30.1. The summed E-state index contributed by atoms with van der Waals surface area (Å²) in [4.78, 5) is 0. The highest BCUT2D eigenvalue weighted by Gasteiger charge is 2.70. The van der Waals surface area contributed by atoms with Gasteiger partial charge in [-0.15, -0.1) is 0 Å². The summed E-state index contributed by atoms with van der Waals surface area (Å²) in [5.74, 6) is 0. The van der Waals surface area contributed by atoms with Crippen molar-refractivity contribution in [1.82, 2.24) is 0 Å². The first kappa shape index (κ1) is 20.0. The van der Waals surface area contributed by atoms with Crippen LogP contribution in [0.15, 0.2) is 0 Å². The fourth-order valence-electron chi connectivity index (χ4n) is 7.52. The third-order valence-corrected chi connectivity index (χ3v) is 7.20. The molecular formula is C22H44. The van der Waals surface area contributed by atoms with Crippen molar-refractivity contribution in [3.8, 4) is 0 Å². The molecule has 1 aliphatic rings. The molecule has 0 aromatic carbocycles. The van der Waals surface area contributed by atoms with E-state index in [0.717, 1.165) is 0 Å². The Morgan fingerprint density at radius 2 is 0.591 bits per heavy atom. The normalized spacial score (nSPS) is 23.5. The molecule has 0 aromatic heterocycles. The average molecular weight is 309 g/mol. The lowest BCUT2D eigenvalue weighted by Crippen LogP contribution is -2.68. The monoisotopic (exact) mass is 308 g/mol. The maximum Gasteiger partial charge on any atom is -0.0134 e. The maximum atomic E-state index is 2.51. The molecule has 0 nitrogen and oxygen atoms in total. The van der Waals surface area contributed by atoms with Crippen LogP contribution >= 0.6 is 0 Å². The van der Waals surface area contributed by atoms with Gasteiger partial charge in [0.05, 0.1) is 0 Å². The molecule has 22 heavy (non-hydrogen) atoms. The van der Waals surface area contributed by atoms with E-state index >= 15 is 0 Å². The van der Waals surface area contributed by atoms with E-state index in [1.807, 2.05) is 0 Å². The Kier molecular flexibility index (Phi) is 4.78. The minimum Gasteiger partial charge on any atom is -0.0596 e. The Morgan fingerprint density at radius 3 is 0.727 bits per heavy atom. The second kappa shape index (κ2) is 5.25. The van der Waals surface area contributed by atoms with Crippen LogP contribution in [0.25, 0.3) is 0 Å². The summed E-state index contributed by atoms with van der Waals surface area (Å²) in [5.41, 5.74) is 1.86. The first-order valence-electron chi connectivity index (χ1n) is 9.46. The molecule has 0 aliphatic heterocycles. The van der Waals surface area contributed by atoms with Crippen molar-refractivity contribution in [2.24, 2.45) is 32.5 Å². The molecule has 0 unspecified atom stereocenters. The molecule has 0 bridgehead atoms. The summed E-state index contributed by atoms with van der Waals surface area (Å²) in [7, 11) is 0. The average Bonchev–Trinajstić information content (AvgIpc) is 2.22. The molecule has 0 atom stereocenters. The smallest absolute Gasteiger partial charge is 0.0134 e. The standard InChI is InChI=1S/C22H44/c1-17(2,3)21(18(4,5)6)15-13-14-16-22(21,19(7,8)9)20(10,11)12/h13-16H2,1-12H3. The third kappa shape index (κ3) is 2.48. The quantitative estimate of drug-likeness (QED) is 0.429. The first-order chi connectivity index (χ1) is 9.46. The predicted molar refractivity (Wildman–Crippen MR) is 101 cm³/mol. The Hall–Kier alpha value is 0. The zero-order valence-electron chi connectivity index (χ0n) is 17.8. The van der Waals surface area contributed by atoms with E-state index in [-0.39, 0.29) is 0 Å². The van der Waals surface area contributed by atoms with Crippen molar-refractivity contribution in [2.45, 2.75) is 109 Å². The van der Waals surface area contributed by atoms with Gasteiger partial charge in [-0.05, 0) is 45.3 Å². The van der Waals surface area contributed by atoms with Gasteiger partial charge in [-0.3, -0.25) is 0 Å². The largest absolute Gasteiger partial charge is 0.0596 e. The molecule has 0 aromatic rings. The van der Waals surface area contributed by atoms with Crippen molar-refractivity contribution < 1.29 is 0 Å². The van der Waals surface area contributed by atoms with Crippen LogP contribution < -0.4 is 0 Å². The lowest BCUT2D eigenvalue weighted by molar-refractivity contribution is -0.261. The molecule has 0 spiro atoms. The van der Waals surface area contributed by atoms with Crippen molar-refractivity contribution in [2.75, 3.05) is 0 Å². The molecule has 1 fully saturated rings. The summed E-state index contributed by atoms with van der Waals surface area (Å²) >= 11 is 0. The van der Waals surface area contributed by atoms with Gasteiger partial charge in [-0.25, -0.2) is 0 Å². The van der Waals surface area contributed by atoms with Gasteiger partial charge in [-0.2, -0.15) is 0 Å². The van der Waals surface area contributed by atoms with Crippen molar-refractivity contribution >= 4 is 0 Å². The van der Waals surface area contributed by atoms with Gasteiger partial charge in [0.15, 0.2) is 0 Å². The highest BCUT2D eigenvalue weighted by atomic mass is 14.7. The van der Waals surface area contributed by atoms with Gasteiger partial charge in [0, 0.05) is 0 Å². The van der Waals surface area contributed by atoms with E-state index in [2.05, 4.69) is 83.1 Å². The van der Waals surface area contributed by atoms with Gasteiger partial charge < -0.3 is 0 Å². The molecule has 1 rings (SSSR count). The SMILES string of the molecule is CC(C)(C)C1(C(C)(C)C)CCCCC1(C(C)(C)C)C(C)(C)C. The van der Waals surface area contributed by atoms with Crippen LogP contribution in [0.1, 0.15) is 109 Å². The minimum atomic E-state index is 0.298. The highest BCUT2D eigenvalue weighted by molar-refractivity contribution is 5.18. The van der Waals surface area contributed by atoms with E-state index in [9.17, 15) is 0 Å². The number of hydrogen-bond acceptors (Lipinski definition) is 0. The summed E-state index contributed by atoms with van der Waals surface area (Å²) in [5, 5.41) is 0. The lowest BCUT2D eigenvalue weighted by atomic mass is 9.30. The molecule has 1 saturated carbocycles. The van der Waals surface area contributed by atoms with Crippen molar-refractivity contribution in [3.63, 3.8) is 0 Å². The van der Waals surface area contributed by atoms with Crippen LogP contribution in [0, 0.1) is 32.5 Å². The van der Waals surface area contributed by atoms with Crippen LogP contribution in [0.4, 0.5) is 0 Å². The van der Waals surface area contributed by atoms with E-state index in [1.165, 1.54) is 25.7 Å². The Morgan fingerprint density at radius 1 is 0.409 bits per heavy atom. The van der Waals surface area contributed by atoms with Crippen molar-refractivity contribution in [3.05, 3.63) is 0 Å². The molecule has 0 saturated heterocycles. The number of rotatable bonds is 0. The molecule has 132 valence electrons. The summed E-state index contributed by atoms with van der Waals surface area (Å²) in [6, 6.07) is 0. The van der Waals surface area contributed by atoms with Crippen molar-refractivity contribution in [1.29, 1.82) is 0 Å². The zero-order chi connectivity index (χ0) is 17.8. The van der Waals surface area contributed by atoms with E-state index in [0.29, 0.717) is 32.5 Å². The summed E-state index contributed by atoms with van der Waals surface area (Å²) in [6.07, 6.45) is 5.52. The molecule has 0 heteroatoms. The third-order valence-electron chi connectivity index (χ3n) is 7.20. The topological polar surface area (TPSA) is 0 Å². The van der Waals surface area contributed by atoms with Gasteiger partial charge >= 0.3 is 0 Å². The first-order valence-corrected chi connectivity index (χ1v) is 9.46. The fraction of sp³-hybridized carbons (Fsp3) is 1.00. The van der Waals surface area contributed by atoms with Crippen LogP contribution in [0.2, 0.25) is 0 Å². The molecule has 0 N–H and O–H groups in total. The lowest BCUT2D eigenvalue weighted by Gasteiger charge is -2.74. The van der Waals surface area contributed by atoms with Gasteiger partial charge in [0.2, 0.25) is 0 Å². The predicted octanol–water partition coefficient (Wildman–Crippen LogP) is 7.72. The van der Waals surface area contributed by atoms with E-state index in [4.69, 9.17) is 0 Å². The van der Waals surface area contributed by atoms with Crippen LogP contribution in [0.5, 0.6) is 0 Å². The Balaban J connectivity index is 3.92. The molecule has 0 radical (unpaired) electrons. The van der Waals surface area contributed by atoms with E-state index < -0.39 is 0 Å². The molecule has 0 heterocycles. The highest BCUT2D eigenvalue weighted by Crippen LogP contribution is 2.76. The zero-order valence-corrected chi connectivity index (χ0v) is 17.8.